The summed E-state index contributed by atoms with van der Waals surface area (Å²) in [7, 11) is 0. The summed E-state index contributed by atoms with van der Waals surface area (Å²) in [4.78, 5) is 0. The summed E-state index contributed by atoms with van der Waals surface area (Å²) in [6, 6.07) is 31.0. The fourth-order valence-corrected chi connectivity index (χ4v) is 4.12. The molecular formula is C28H30N2O2. The average molecular weight is 427 g/mol. The molecule has 164 valence electrons. The van der Waals surface area contributed by atoms with Gasteiger partial charge in [-0.25, -0.2) is 0 Å². The first kappa shape index (κ1) is 22.2. The molecule has 4 rings (SSSR count). The van der Waals surface area contributed by atoms with E-state index in [9.17, 15) is 10.2 Å². The van der Waals surface area contributed by atoms with Crippen LogP contribution in [0.1, 0.15) is 59.4 Å². The Morgan fingerprint density at radius 3 is 1.31 bits per heavy atom. The van der Waals surface area contributed by atoms with E-state index in [1.54, 1.807) is 0 Å². The van der Waals surface area contributed by atoms with Gasteiger partial charge < -0.3 is 21.7 Å². The van der Waals surface area contributed by atoms with Crippen molar-refractivity contribution in [2.45, 2.75) is 37.1 Å². The Morgan fingerprint density at radius 1 is 0.500 bits per heavy atom. The lowest BCUT2D eigenvalue weighted by atomic mass is 9.93. The lowest BCUT2D eigenvalue weighted by Gasteiger charge is -2.19. The predicted octanol–water partition coefficient (Wildman–Crippen LogP) is 5.09. The molecular weight excluding hydrogens is 396 g/mol. The van der Waals surface area contributed by atoms with Crippen molar-refractivity contribution in [3.8, 4) is 0 Å². The van der Waals surface area contributed by atoms with E-state index in [1.807, 2.05) is 97.1 Å². The normalized spacial score (nSPS) is 15.2. The van der Waals surface area contributed by atoms with Crippen LogP contribution in [-0.4, -0.2) is 10.2 Å². The summed E-state index contributed by atoms with van der Waals surface area (Å²) in [6.07, 6.45) is -0.475. The highest BCUT2D eigenvalue weighted by atomic mass is 16.3. The van der Waals surface area contributed by atoms with Gasteiger partial charge in [0.05, 0.1) is 12.2 Å². The maximum absolute atomic E-state index is 10.8. The van der Waals surface area contributed by atoms with Crippen molar-refractivity contribution in [1.29, 1.82) is 0 Å². The number of rotatable bonds is 8. The number of aliphatic hydroxyl groups is 2. The molecule has 6 N–H and O–H groups in total. The Morgan fingerprint density at radius 2 is 0.906 bits per heavy atom. The maximum Gasteiger partial charge on any atom is 0.0808 e. The van der Waals surface area contributed by atoms with Gasteiger partial charge in [0.15, 0.2) is 0 Å². The minimum atomic E-state index is -0.672. The molecule has 0 aliphatic carbocycles. The summed E-state index contributed by atoms with van der Waals surface area (Å²) in [5.41, 5.74) is 16.2. The lowest BCUT2D eigenvalue weighted by Crippen LogP contribution is -2.14. The lowest BCUT2D eigenvalue weighted by molar-refractivity contribution is 0.158. The predicted molar refractivity (Wildman–Crippen MR) is 130 cm³/mol. The van der Waals surface area contributed by atoms with Crippen molar-refractivity contribution < 1.29 is 10.2 Å². The molecule has 0 fully saturated rings. The van der Waals surface area contributed by atoms with Gasteiger partial charge in [-0.2, -0.15) is 0 Å². The molecule has 4 nitrogen and oxygen atoms in total. The number of hydrogen-bond acceptors (Lipinski definition) is 4. The van der Waals surface area contributed by atoms with Crippen LogP contribution in [-0.2, 0) is 0 Å². The first-order valence-electron chi connectivity index (χ1n) is 11.0. The Hall–Kier alpha value is -3.02. The largest absolute Gasteiger partial charge is 0.388 e. The molecule has 0 saturated heterocycles. The molecule has 0 aliphatic heterocycles. The van der Waals surface area contributed by atoms with Crippen LogP contribution < -0.4 is 11.5 Å². The molecule has 0 saturated carbocycles. The van der Waals surface area contributed by atoms with E-state index in [-0.39, 0.29) is 12.1 Å². The fraction of sp³-hybridized carbons (Fsp3) is 0.214. The minimum Gasteiger partial charge on any atom is -0.388 e. The van der Waals surface area contributed by atoms with Crippen LogP contribution >= 0.6 is 0 Å². The first-order valence-corrected chi connectivity index (χ1v) is 11.0. The summed E-state index contributed by atoms with van der Waals surface area (Å²) >= 11 is 0. The maximum atomic E-state index is 10.8. The van der Waals surface area contributed by atoms with Crippen molar-refractivity contribution >= 4 is 10.8 Å². The molecule has 0 amide bonds. The number of fused-ring (bicyclic) bond motifs is 1. The van der Waals surface area contributed by atoms with E-state index in [1.165, 1.54) is 0 Å². The summed E-state index contributed by atoms with van der Waals surface area (Å²) < 4.78 is 0. The average Bonchev–Trinajstić information content (AvgIpc) is 2.84. The smallest absolute Gasteiger partial charge is 0.0808 e. The van der Waals surface area contributed by atoms with E-state index in [0.29, 0.717) is 12.8 Å². The van der Waals surface area contributed by atoms with Crippen LogP contribution in [0.25, 0.3) is 10.8 Å². The Bertz CT molecular complexity index is 1060. The molecule has 0 spiro atoms. The topological polar surface area (TPSA) is 92.5 Å². The van der Waals surface area contributed by atoms with Gasteiger partial charge in [0, 0.05) is 12.1 Å². The van der Waals surface area contributed by atoms with E-state index < -0.39 is 12.2 Å². The van der Waals surface area contributed by atoms with Crippen LogP contribution in [0.4, 0.5) is 0 Å². The molecule has 0 radical (unpaired) electrons. The van der Waals surface area contributed by atoms with E-state index in [2.05, 4.69) is 0 Å². The molecule has 0 aliphatic rings. The Labute approximate surface area is 189 Å². The van der Waals surface area contributed by atoms with Crippen LogP contribution in [0.2, 0.25) is 0 Å². The van der Waals surface area contributed by atoms with Gasteiger partial charge in [-0.15, -0.1) is 0 Å². The van der Waals surface area contributed by atoms with Gasteiger partial charge in [-0.05, 0) is 58.0 Å². The van der Waals surface area contributed by atoms with Gasteiger partial charge in [0.25, 0.3) is 0 Å². The zero-order valence-corrected chi connectivity index (χ0v) is 18.0. The van der Waals surface area contributed by atoms with Crippen molar-refractivity contribution in [3.05, 3.63) is 119 Å². The zero-order valence-electron chi connectivity index (χ0n) is 18.0. The second-order valence-electron chi connectivity index (χ2n) is 8.40. The minimum absolute atomic E-state index is 0.241. The molecule has 0 aromatic heterocycles. The fourth-order valence-electron chi connectivity index (χ4n) is 4.12. The third-order valence-corrected chi connectivity index (χ3v) is 6.07. The summed E-state index contributed by atoms with van der Waals surface area (Å²) in [5.74, 6) is 0. The highest BCUT2D eigenvalue weighted by Gasteiger charge is 2.17. The molecule has 0 heterocycles. The second-order valence-corrected chi connectivity index (χ2v) is 8.40. The molecule has 4 heteroatoms. The molecule has 0 bridgehead atoms. The van der Waals surface area contributed by atoms with Crippen LogP contribution in [0, 0.1) is 0 Å². The Balaban J connectivity index is 1.49. The first-order chi connectivity index (χ1) is 15.5. The molecule has 4 atom stereocenters. The van der Waals surface area contributed by atoms with Crippen molar-refractivity contribution in [1.82, 2.24) is 0 Å². The molecule has 0 unspecified atom stereocenters. The van der Waals surface area contributed by atoms with Gasteiger partial charge in [-0.1, -0.05) is 84.9 Å². The Kier molecular flexibility index (Phi) is 6.98. The number of aliphatic hydroxyl groups excluding tert-OH is 2. The molecule has 4 aromatic rings. The number of nitrogens with two attached hydrogens (primary N) is 2. The van der Waals surface area contributed by atoms with Crippen LogP contribution in [0.3, 0.4) is 0 Å². The highest BCUT2D eigenvalue weighted by Crippen LogP contribution is 2.30. The zero-order chi connectivity index (χ0) is 22.5. The third kappa shape index (κ3) is 5.23. The molecule has 32 heavy (non-hydrogen) atoms. The highest BCUT2D eigenvalue weighted by molar-refractivity contribution is 5.84. The monoisotopic (exact) mass is 426 g/mol. The standard InChI is InChI=1S/C28H30N2O2/c29-25(20-7-3-1-4-8-20)17-27(31)22-13-11-19-12-14-23(16-24(19)15-22)28(32)18-26(30)21-9-5-2-6-10-21/h1-16,25-28,31-32H,17-18,29-30H2/t25-,26-,27-,28-/m0/s1. The number of benzene rings is 4. The SMILES string of the molecule is N[C@@H](C[C@H](O)c1ccc2ccc([C@@H](O)C[C@H](N)c3ccccc3)cc2c1)c1ccccc1. The third-order valence-electron chi connectivity index (χ3n) is 6.07. The van der Waals surface area contributed by atoms with Crippen molar-refractivity contribution in [2.24, 2.45) is 11.5 Å². The van der Waals surface area contributed by atoms with Crippen LogP contribution in [0.5, 0.6) is 0 Å². The number of hydrogen-bond donors (Lipinski definition) is 4. The second kappa shape index (κ2) is 10.1. The quantitative estimate of drug-likeness (QED) is 0.316. The summed E-state index contributed by atoms with van der Waals surface area (Å²) in [5, 5.41) is 23.6. The van der Waals surface area contributed by atoms with Gasteiger partial charge in [-0.3, -0.25) is 0 Å². The van der Waals surface area contributed by atoms with Crippen molar-refractivity contribution in [2.75, 3.05) is 0 Å². The van der Waals surface area contributed by atoms with Crippen LogP contribution in [0.15, 0.2) is 97.1 Å². The van der Waals surface area contributed by atoms with E-state index in [4.69, 9.17) is 11.5 Å². The van der Waals surface area contributed by atoms with Crippen molar-refractivity contribution in [3.63, 3.8) is 0 Å². The van der Waals surface area contributed by atoms with E-state index in [0.717, 1.165) is 33.0 Å². The van der Waals surface area contributed by atoms with E-state index >= 15 is 0 Å². The van der Waals surface area contributed by atoms with Gasteiger partial charge >= 0.3 is 0 Å². The van der Waals surface area contributed by atoms with Gasteiger partial charge in [0.2, 0.25) is 0 Å². The molecule has 4 aromatic carbocycles. The van der Waals surface area contributed by atoms with Gasteiger partial charge in [0.1, 0.15) is 0 Å². The summed E-state index contributed by atoms with van der Waals surface area (Å²) in [6.45, 7) is 0.